The van der Waals surface area contributed by atoms with Crippen LogP contribution in [0.4, 0.5) is 10.1 Å². The molecule has 0 fully saturated rings. The predicted molar refractivity (Wildman–Crippen MR) is 151 cm³/mol. The number of anilines is 1. The van der Waals surface area contributed by atoms with Crippen molar-refractivity contribution in [3.63, 3.8) is 0 Å². The first kappa shape index (κ1) is 29.0. The van der Waals surface area contributed by atoms with Gasteiger partial charge < -0.3 is 29.6 Å². The molecule has 0 saturated heterocycles. The minimum Gasteiger partial charge on any atom is -0.491 e. The van der Waals surface area contributed by atoms with E-state index < -0.39 is 35.7 Å². The zero-order valence-corrected chi connectivity index (χ0v) is 23.3. The molecule has 3 aromatic carbocycles. The number of carboxylic acids is 1. The molecule has 2 aliphatic rings. The maximum atomic E-state index is 14.6. The molecule has 0 aliphatic carbocycles. The second-order valence-electron chi connectivity index (χ2n) is 9.66. The predicted octanol–water partition coefficient (Wildman–Crippen LogP) is 4.46. The molecule has 3 aromatic rings. The van der Waals surface area contributed by atoms with Crippen molar-refractivity contribution in [2.24, 2.45) is 5.16 Å². The van der Waals surface area contributed by atoms with E-state index in [1.54, 1.807) is 31.4 Å². The lowest BCUT2D eigenvalue weighted by Crippen LogP contribution is -2.49. The molecule has 12 heteroatoms. The van der Waals surface area contributed by atoms with Crippen molar-refractivity contribution in [2.75, 3.05) is 32.2 Å². The van der Waals surface area contributed by atoms with E-state index in [0.29, 0.717) is 36.6 Å². The van der Waals surface area contributed by atoms with Crippen LogP contribution in [-0.4, -0.2) is 66.5 Å². The Labute approximate surface area is 245 Å². The quantitative estimate of drug-likeness (QED) is 0.350. The number of halogens is 2. The van der Waals surface area contributed by atoms with Crippen LogP contribution in [0.5, 0.6) is 5.75 Å². The van der Waals surface area contributed by atoms with Crippen LogP contribution in [0.15, 0.2) is 65.8 Å². The summed E-state index contributed by atoms with van der Waals surface area (Å²) in [5, 5.41) is 15.9. The lowest BCUT2D eigenvalue weighted by Gasteiger charge is -2.37. The van der Waals surface area contributed by atoms with E-state index in [0.717, 1.165) is 5.56 Å². The highest BCUT2D eigenvalue weighted by Crippen LogP contribution is 2.37. The summed E-state index contributed by atoms with van der Waals surface area (Å²) < 4.78 is 25.6. The van der Waals surface area contributed by atoms with Crippen molar-refractivity contribution in [1.29, 1.82) is 0 Å². The first-order chi connectivity index (χ1) is 20.3. The van der Waals surface area contributed by atoms with E-state index in [1.807, 2.05) is 0 Å². The van der Waals surface area contributed by atoms with Crippen molar-refractivity contribution in [3.05, 3.63) is 93.8 Å². The van der Waals surface area contributed by atoms with Gasteiger partial charge in [-0.3, -0.25) is 9.59 Å². The average molecular weight is 596 g/mol. The van der Waals surface area contributed by atoms with Gasteiger partial charge in [-0.2, -0.15) is 0 Å². The van der Waals surface area contributed by atoms with E-state index in [-0.39, 0.29) is 34.8 Å². The third-order valence-corrected chi connectivity index (χ3v) is 7.35. The highest BCUT2D eigenvalue weighted by Gasteiger charge is 2.42. The van der Waals surface area contributed by atoms with Crippen molar-refractivity contribution in [2.45, 2.75) is 25.0 Å². The van der Waals surface area contributed by atoms with E-state index in [9.17, 15) is 23.9 Å². The van der Waals surface area contributed by atoms with Crippen LogP contribution in [0.2, 0.25) is 5.02 Å². The van der Waals surface area contributed by atoms with Gasteiger partial charge in [0.2, 0.25) is 6.10 Å². The van der Waals surface area contributed by atoms with Crippen LogP contribution in [0, 0.1) is 5.82 Å². The zero-order valence-electron chi connectivity index (χ0n) is 22.5. The first-order valence-electron chi connectivity index (χ1n) is 13.1. The number of benzene rings is 3. The summed E-state index contributed by atoms with van der Waals surface area (Å²) in [6.07, 6.45) is -0.679. The number of nitrogens with one attached hydrogen (secondary N) is 1. The van der Waals surface area contributed by atoms with Crippen LogP contribution in [0.25, 0.3) is 0 Å². The monoisotopic (exact) mass is 595 g/mol. The van der Waals surface area contributed by atoms with Crippen molar-refractivity contribution >= 4 is 40.8 Å². The number of hydrogen-bond acceptors (Lipinski definition) is 7. The summed E-state index contributed by atoms with van der Waals surface area (Å²) in [4.78, 5) is 45.7. The molecule has 10 nitrogen and oxygen atoms in total. The summed E-state index contributed by atoms with van der Waals surface area (Å²) >= 11 is 5.92. The summed E-state index contributed by atoms with van der Waals surface area (Å²) in [6.45, 7) is 0.852. The van der Waals surface area contributed by atoms with Gasteiger partial charge in [0.15, 0.2) is 5.82 Å². The third-order valence-electron chi connectivity index (χ3n) is 7.06. The van der Waals surface area contributed by atoms with Crippen LogP contribution < -0.4 is 10.1 Å². The largest absolute Gasteiger partial charge is 0.491 e. The molecular weight excluding hydrogens is 569 g/mol. The molecule has 218 valence electrons. The molecular formula is C30H27ClFN3O7. The van der Waals surface area contributed by atoms with Crippen molar-refractivity contribution in [1.82, 2.24) is 4.90 Å². The van der Waals surface area contributed by atoms with Gasteiger partial charge in [0.05, 0.1) is 22.9 Å². The molecule has 2 aliphatic heterocycles. The van der Waals surface area contributed by atoms with Gasteiger partial charge in [-0.1, -0.05) is 35.0 Å². The van der Waals surface area contributed by atoms with E-state index in [4.69, 9.17) is 25.9 Å². The third kappa shape index (κ3) is 5.93. The highest BCUT2D eigenvalue weighted by molar-refractivity contribution is 6.31. The van der Waals surface area contributed by atoms with Crippen LogP contribution in [-0.2, 0) is 25.6 Å². The van der Waals surface area contributed by atoms with Gasteiger partial charge >= 0.3 is 5.97 Å². The maximum Gasteiger partial charge on any atom is 0.335 e. The van der Waals surface area contributed by atoms with Crippen LogP contribution >= 0.6 is 11.6 Å². The van der Waals surface area contributed by atoms with Gasteiger partial charge in [-0.25, -0.2) is 9.18 Å². The second kappa shape index (κ2) is 12.6. The molecule has 0 aromatic heterocycles. The number of rotatable bonds is 9. The Morgan fingerprint density at radius 1 is 1.12 bits per heavy atom. The number of carbonyl (C=O) groups is 3. The molecule has 2 heterocycles. The molecule has 2 amide bonds. The summed E-state index contributed by atoms with van der Waals surface area (Å²) in [5.74, 6) is -2.17. The van der Waals surface area contributed by atoms with Crippen LogP contribution in [0.1, 0.15) is 39.5 Å². The molecule has 42 heavy (non-hydrogen) atoms. The smallest absolute Gasteiger partial charge is 0.335 e. The molecule has 0 radical (unpaired) electrons. The summed E-state index contributed by atoms with van der Waals surface area (Å²) in [7, 11) is 1.57. The van der Waals surface area contributed by atoms with E-state index >= 15 is 0 Å². The average Bonchev–Trinajstić information content (AvgIpc) is 3.48. The van der Waals surface area contributed by atoms with Gasteiger partial charge in [0.1, 0.15) is 18.4 Å². The maximum absolute atomic E-state index is 14.6. The molecule has 5 rings (SSSR count). The minimum atomic E-state index is -1.09. The summed E-state index contributed by atoms with van der Waals surface area (Å²) in [5.41, 5.74) is 2.15. The molecule has 0 bridgehead atoms. The fraction of sp³-hybridized carbons (Fsp3) is 0.267. The number of oxime groups is 1. The lowest BCUT2D eigenvalue weighted by atomic mass is 9.90. The first-order valence-corrected chi connectivity index (χ1v) is 13.5. The van der Waals surface area contributed by atoms with Gasteiger partial charge in [-0.15, -0.1) is 0 Å². The topological polar surface area (TPSA) is 127 Å². The Kier molecular flexibility index (Phi) is 8.69. The SMILES string of the molecule is COCCOc1cccc2c1CCN(C(=O)[C@H]1CC(c3cccc(Cl)c3F)=NO1)[C@@H]2C(=O)Nc1ccc(C(=O)O)cc1. The highest BCUT2D eigenvalue weighted by atomic mass is 35.5. The Hall–Kier alpha value is -4.48. The Balaban J connectivity index is 1.42. The molecule has 0 saturated carbocycles. The minimum absolute atomic E-state index is 0.00931. The number of amides is 2. The van der Waals surface area contributed by atoms with Gasteiger partial charge in [0.25, 0.3) is 11.8 Å². The molecule has 2 N–H and O–H groups in total. The molecule has 2 atom stereocenters. The number of carboxylic acid groups (broad SMARTS) is 1. The fourth-order valence-corrected chi connectivity index (χ4v) is 5.19. The fourth-order valence-electron chi connectivity index (χ4n) is 5.01. The number of hydrogen-bond donors (Lipinski definition) is 2. The molecule has 0 spiro atoms. The number of nitrogens with zero attached hydrogens (tertiary/aromatic N) is 2. The number of aromatic carboxylic acids is 1. The number of fused-ring (bicyclic) bond motifs is 1. The number of carbonyl (C=O) groups excluding carboxylic acids is 2. The Bertz CT molecular complexity index is 1550. The Morgan fingerprint density at radius 2 is 1.88 bits per heavy atom. The number of ether oxygens (including phenoxy) is 2. The van der Waals surface area contributed by atoms with E-state index in [1.165, 1.54) is 41.3 Å². The second-order valence-corrected chi connectivity index (χ2v) is 10.1. The molecule has 0 unspecified atom stereocenters. The van der Waals surface area contributed by atoms with Crippen molar-refractivity contribution in [3.8, 4) is 5.75 Å². The standard InChI is InChI=1S/C30H27ClFN3O7/c1-40-14-15-41-24-7-3-4-20-19(24)12-13-35(27(20)28(36)33-18-10-8-17(9-11-18)30(38)39)29(37)25-16-23(34-42-25)21-5-2-6-22(31)26(21)32/h2-11,25,27H,12-16H2,1H3,(H,33,36)(H,38,39)/t25-,27+/m1/s1. The summed E-state index contributed by atoms with van der Waals surface area (Å²) in [6, 6.07) is 14.4. The van der Waals surface area contributed by atoms with E-state index in [2.05, 4.69) is 10.5 Å². The lowest BCUT2D eigenvalue weighted by molar-refractivity contribution is -0.148. The number of methoxy groups -OCH3 is 1. The van der Waals surface area contributed by atoms with Crippen LogP contribution in [0.3, 0.4) is 0 Å². The Morgan fingerprint density at radius 3 is 2.62 bits per heavy atom. The normalized spacial score (nSPS) is 17.6. The van der Waals surface area contributed by atoms with Gasteiger partial charge in [0, 0.05) is 36.9 Å². The zero-order chi connectivity index (χ0) is 29.8. The van der Waals surface area contributed by atoms with Gasteiger partial charge in [-0.05, 0) is 54.4 Å². The van der Waals surface area contributed by atoms with Crippen molar-refractivity contribution < 1.29 is 38.2 Å².